The zero-order valence-corrected chi connectivity index (χ0v) is 21.4. The first kappa shape index (κ1) is 25.4. The highest BCUT2D eigenvalue weighted by molar-refractivity contribution is 6.02. The molecule has 35 heavy (non-hydrogen) atoms. The normalized spacial score (nSPS) is 36.0. The van der Waals surface area contributed by atoms with Gasteiger partial charge in [0.05, 0.1) is 11.5 Å². The Balaban J connectivity index is 1.76. The first-order valence-corrected chi connectivity index (χ1v) is 12.4. The van der Waals surface area contributed by atoms with Crippen molar-refractivity contribution in [1.29, 1.82) is 0 Å². The third-order valence-corrected chi connectivity index (χ3v) is 8.40. The third-order valence-electron chi connectivity index (χ3n) is 8.40. The molecule has 0 saturated heterocycles. The lowest BCUT2D eigenvalue weighted by Gasteiger charge is -2.31. The fourth-order valence-corrected chi connectivity index (χ4v) is 6.20. The van der Waals surface area contributed by atoms with Crippen molar-refractivity contribution in [1.82, 2.24) is 0 Å². The van der Waals surface area contributed by atoms with Gasteiger partial charge < -0.3 is 14.6 Å². The molecular weight excluding hydrogens is 444 g/mol. The summed E-state index contributed by atoms with van der Waals surface area (Å²) >= 11 is 0. The Morgan fingerprint density at radius 1 is 1.03 bits per heavy atom. The monoisotopic (exact) mass is 480 g/mol. The molecule has 188 valence electrons. The molecule has 0 radical (unpaired) electrons. The number of carbonyl (C=O) groups is 3. The van der Waals surface area contributed by atoms with Crippen molar-refractivity contribution < 1.29 is 29.0 Å². The molecule has 2 saturated carbocycles. The molecule has 7 atom stereocenters. The largest absolute Gasteiger partial charge is 0.458 e. The Kier molecular flexibility index (Phi) is 6.56. The van der Waals surface area contributed by atoms with Crippen LogP contribution < -0.4 is 0 Å². The molecule has 1 aromatic rings. The van der Waals surface area contributed by atoms with E-state index < -0.39 is 29.7 Å². The fraction of sp³-hybridized carbons (Fsp3) is 0.552. The van der Waals surface area contributed by atoms with Crippen LogP contribution in [0.3, 0.4) is 0 Å². The Morgan fingerprint density at radius 3 is 2.31 bits per heavy atom. The van der Waals surface area contributed by atoms with E-state index >= 15 is 0 Å². The highest BCUT2D eigenvalue weighted by Gasteiger charge is 2.60. The summed E-state index contributed by atoms with van der Waals surface area (Å²) in [4.78, 5) is 38.6. The lowest BCUT2D eigenvalue weighted by Crippen LogP contribution is -2.45. The first-order chi connectivity index (χ1) is 16.4. The predicted octanol–water partition coefficient (Wildman–Crippen LogP) is 4.67. The molecule has 0 aliphatic heterocycles. The second-order valence-corrected chi connectivity index (χ2v) is 11.2. The minimum Gasteiger partial charge on any atom is -0.458 e. The Bertz CT molecular complexity index is 1080. The van der Waals surface area contributed by atoms with Crippen molar-refractivity contribution in [2.45, 2.75) is 72.2 Å². The van der Waals surface area contributed by atoms with Gasteiger partial charge in [-0.2, -0.15) is 0 Å². The number of fused-ring (bicyclic) bond motifs is 2. The van der Waals surface area contributed by atoms with Gasteiger partial charge in [-0.05, 0) is 73.1 Å². The summed E-state index contributed by atoms with van der Waals surface area (Å²) in [5.74, 6) is -1.81. The van der Waals surface area contributed by atoms with Gasteiger partial charge in [0.2, 0.25) is 0 Å². The quantitative estimate of drug-likeness (QED) is 0.500. The minimum absolute atomic E-state index is 0.0296. The molecule has 0 amide bonds. The van der Waals surface area contributed by atoms with Crippen molar-refractivity contribution in [3.63, 3.8) is 0 Å². The van der Waals surface area contributed by atoms with Crippen LogP contribution in [-0.2, 0) is 19.1 Å². The van der Waals surface area contributed by atoms with Crippen LogP contribution in [-0.4, -0.2) is 40.6 Å². The maximum absolute atomic E-state index is 13.7. The predicted molar refractivity (Wildman–Crippen MR) is 131 cm³/mol. The Labute approximate surface area is 207 Å². The van der Waals surface area contributed by atoms with Crippen LogP contribution in [0.1, 0.15) is 64.7 Å². The SMILES string of the molecule is CC(=O)O[C@@H]1CC2C(C=C(C)C(=O)[C@@]3(O)C[C@@H](C)[C@H](OC(=O)c4ccccc4)C3C=C1C)C2(C)C. The van der Waals surface area contributed by atoms with Gasteiger partial charge in [0.25, 0.3) is 0 Å². The van der Waals surface area contributed by atoms with Gasteiger partial charge in [0, 0.05) is 6.92 Å². The first-order valence-electron chi connectivity index (χ1n) is 12.4. The third kappa shape index (κ3) is 4.61. The molecule has 1 N–H and O–H groups in total. The number of rotatable bonds is 3. The van der Waals surface area contributed by atoms with Crippen LogP contribution in [0.15, 0.2) is 53.6 Å². The van der Waals surface area contributed by atoms with Gasteiger partial charge in [0.15, 0.2) is 5.78 Å². The molecular formula is C29H36O6. The van der Waals surface area contributed by atoms with Gasteiger partial charge in [-0.15, -0.1) is 0 Å². The van der Waals surface area contributed by atoms with E-state index in [1.807, 2.05) is 26.0 Å². The number of hydrogen-bond acceptors (Lipinski definition) is 6. The summed E-state index contributed by atoms with van der Waals surface area (Å²) in [7, 11) is 0. The van der Waals surface area contributed by atoms with Crippen molar-refractivity contribution in [3.05, 3.63) is 59.2 Å². The van der Waals surface area contributed by atoms with Gasteiger partial charge in [-0.25, -0.2) is 4.79 Å². The van der Waals surface area contributed by atoms with Crippen molar-refractivity contribution in [3.8, 4) is 0 Å². The smallest absolute Gasteiger partial charge is 0.338 e. The maximum Gasteiger partial charge on any atom is 0.338 e. The lowest BCUT2D eigenvalue weighted by molar-refractivity contribution is -0.145. The molecule has 0 spiro atoms. The van der Waals surface area contributed by atoms with E-state index in [0.29, 0.717) is 17.6 Å². The van der Waals surface area contributed by atoms with E-state index in [1.54, 1.807) is 37.3 Å². The number of benzene rings is 1. The van der Waals surface area contributed by atoms with Gasteiger partial charge in [-0.1, -0.05) is 51.1 Å². The standard InChI is InChI=1S/C29H36O6/c1-16-12-23-25(35-27(32)20-10-8-7-9-11-20)18(3)15-29(23,33)26(31)17(2)13-21-22(28(21,5)6)14-24(16)34-19(4)30/h7-13,18,21-25,33H,14-15H2,1-6H3/t18-,21?,22?,23?,24-,25+,29-/m1/s1. The summed E-state index contributed by atoms with van der Waals surface area (Å²) in [5, 5.41) is 11.9. The topological polar surface area (TPSA) is 89.9 Å². The molecule has 3 unspecified atom stereocenters. The summed E-state index contributed by atoms with van der Waals surface area (Å²) < 4.78 is 11.6. The zero-order valence-electron chi connectivity index (χ0n) is 21.4. The number of aliphatic hydroxyl groups is 1. The average Bonchev–Trinajstić information content (AvgIpc) is 3.20. The van der Waals surface area contributed by atoms with E-state index in [0.717, 1.165) is 5.57 Å². The fourth-order valence-electron chi connectivity index (χ4n) is 6.20. The number of ether oxygens (including phenoxy) is 2. The summed E-state index contributed by atoms with van der Waals surface area (Å²) in [6.45, 7) is 11.2. The molecule has 0 heterocycles. The zero-order chi connectivity index (χ0) is 25.7. The summed E-state index contributed by atoms with van der Waals surface area (Å²) in [6.07, 6.45) is 3.40. The summed E-state index contributed by atoms with van der Waals surface area (Å²) in [5.41, 5.74) is -0.0552. The highest BCUT2D eigenvalue weighted by Crippen LogP contribution is 2.62. The minimum atomic E-state index is -1.72. The highest BCUT2D eigenvalue weighted by atomic mass is 16.5. The van der Waals surface area contributed by atoms with Crippen molar-refractivity contribution in [2.75, 3.05) is 0 Å². The van der Waals surface area contributed by atoms with Crippen LogP contribution in [0.4, 0.5) is 0 Å². The Morgan fingerprint density at radius 2 is 1.69 bits per heavy atom. The van der Waals surface area contributed by atoms with E-state index in [-0.39, 0.29) is 41.3 Å². The number of ketones is 1. The second kappa shape index (κ2) is 9.05. The Hall–Kier alpha value is -2.73. The molecule has 0 aromatic heterocycles. The number of hydrogen-bond donors (Lipinski definition) is 1. The van der Waals surface area contributed by atoms with Crippen LogP contribution >= 0.6 is 0 Å². The average molecular weight is 481 g/mol. The molecule has 2 fully saturated rings. The second-order valence-electron chi connectivity index (χ2n) is 11.2. The molecule has 1 aromatic carbocycles. The number of carbonyl (C=O) groups excluding carboxylic acids is 3. The van der Waals surface area contributed by atoms with E-state index in [1.165, 1.54) is 6.92 Å². The van der Waals surface area contributed by atoms with Crippen LogP contribution in [0.5, 0.6) is 0 Å². The molecule has 6 nitrogen and oxygen atoms in total. The molecule has 0 bridgehead atoms. The maximum atomic E-state index is 13.7. The number of Topliss-reactive ketones (excluding diaryl/α,β-unsaturated/α-hetero) is 1. The van der Waals surface area contributed by atoms with Gasteiger partial charge >= 0.3 is 11.9 Å². The molecule has 3 aliphatic rings. The molecule has 6 heteroatoms. The van der Waals surface area contributed by atoms with Crippen LogP contribution in [0.25, 0.3) is 0 Å². The van der Waals surface area contributed by atoms with Crippen molar-refractivity contribution >= 4 is 17.7 Å². The van der Waals surface area contributed by atoms with Gasteiger partial charge in [-0.3, -0.25) is 9.59 Å². The van der Waals surface area contributed by atoms with Crippen LogP contribution in [0, 0.1) is 29.1 Å². The molecule has 4 rings (SSSR count). The van der Waals surface area contributed by atoms with E-state index in [2.05, 4.69) is 13.8 Å². The van der Waals surface area contributed by atoms with Crippen LogP contribution in [0.2, 0.25) is 0 Å². The number of allylic oxidation sites excluding steroid dienone is 1. The van der Waals surface area contributed by atoms with E-state index in [9.17, 15) is 19.5 Å². The number of esters is 2. The lowest BCUT2D eigenvalue weighted by atomic mass is 9.81. The van der Waals surface area contributed by atoms with Crippen molar-refractivity contribution in [2.24, 2.45) is 29.1 Å². The van der Waals surface area contributed by atoms with Gasteiger partial charge in [0.1, 0.15) is 17.8 Å². The molecule has 3 aliphatic carbocycles. The summed E-state index contributed by atoms with van der Waals surface area (Å²) in [6, 6.07) is 8.69. The van der Waals surface area contributed by atoms with E-state index in [4.69, 9.17) is 9.47 Å².